The highest BCUT2D eigenvalue weighted by atomic mass is 35.5. The van der Waals surface area contributed by atoms with E-state index >= 15 is 0 Å². The zero-order valence-corrected chi connectivity index (χ0v) is 11.8. The van der Waals surface area contributed by atoms with Crippen LogP contribution in [0.5, 0.6) is 0 Å². The molecular formula is C10H10Cl2N4OS. The van der Waals surface area contributed by atoms with Gasteiger partial charge in [0.15, 0.2) is 0 Å². The number of carbonyl (C=O) groups excluding carboxylic acids is 1. The van der Waals surface area contributed by atoms with Gasteiger partial charge in [-0.1, -0.05) is 23.2 Å². The molecule has 0 saturated heterocycles. The molecule has 2 rings (SSSR count). The highest BCUT2D eigenvalue weighted by Gasteiger charge is 2.15. The fourth-order valence-corrected chi connectivity index (χ4v) is 2.59. The van der Waals surface area contributed by atoms with Crippen LogP contribution in [0.25, 0.3) is 11.0 Å². The molecule has 0 bridgehead atoms. The van der Waals surface area contributed by atoms with Crippen LogP contribution in [0.3, 0.4) is 0 Å². The van der Waals surface area contributed by atoms with Gasteiger partial charge < -0.3 is 10.6 Å². The number of carbonyl (C=O) groups is 1. The average Bonchev–Trinajstić information content (AvgIpc) is 2.81. The largest absolute Gasteiger partial charge is 0.323 e. The van der Waals surface area contributed by atoms with Crippen LogP contribution in [0.1, 0.15) is 6.42 Å². The van der Waals surface area contributed by atoms with Crippen LogP contribution >= 0.6 is 34.9 Å². The van der Waals surface area contributed by atoms with Crippen LogP contribution in [-0.2, 0) is 4.79 Å². The number of rotatable bonds is 4. The van der Waals surface area contributed by atoms with Crippen LogP contribution in [0.15, 0.2) is 6.07 Å². The highest BCUT2D eigenvalue weighted by molar-refractivity contribution is 7.00. The summed E-state index contributed by atoms with van der Waals surface area (Å²) in [5.74, 6) is -0.136. The van der Waals surface area contributed by atoms with E-state index in [2.05, 4.69) is 19.4 Å². The van der Waals surface area contributed by atoms with Gasteiger partial charge in [-0.3, -0.25) is 4.79 Å². The molecule has 96 valence electrons. The molecular weight excluding hydrogens is 295 g/mol. The van der Waals surface area contributed by atoms with Crippen molar-refractivity contribution >= 4 is 57.6 Å². The third-order valence-electron chi connectivity index (χ3n) is 2.31. The molecule has 0 unspecified atom stereocenters. The van der Waals surface area contributed by atoms with Crippen LogP contribution < -0.4 is 10.6 Å². The van der Waals surface area contributed by atoms with E-state index in [0.717, 1.165) is 11.7 Å². The van der Waals surface area contributed by atoms with Crippen molar-refractivity contribution in [3.63, 3.8) is 0 Å². The SMILES string of the molecule is CNCCC(=O)Nc1c(Cl)cc(Cl)c2nsnc12. The molecule has 2 aromatic rings. The Labute approximate surface area is 118 Å². The monoisotopic (exact) mass is 304 g/mol. The summed E-state index contributed by atoms with van der Waals surface area (Å²) in [6.07, 6.45) is 0.356. The van der Waals surface area contributed by atoms with Gasteiger partial charge in [-0.05, 0) is 13.1 Å². The number of aromatic nitrogens is 2. The summed E-state index contributed by atoms with van der Waals surface area (Å²) in [7, 11) is 1.78. The quantitative estimate of drug-likeness (QED) is 0.911. The number of nitrogens with zero attached hydrogens (tertiary/aromatic N) is 2. The maximum atomic E-state index is 11.7. The summed E-state index contributed by atoms with van der Waals surface area (Å²) in [6.45, 7) is 0.593. The van der Waals surface area contributed by atoms with Crippen molar-refractivity contribution in [2.45, 2.75) is 6.42 Å². The van der Waals surface area contributed by atoms with Crippen molar-refractivity contribution in [1.29, 1.82) is 0 Å². The second-order valence-electron chi connectivity index (χ2n) is 3.58. The second kappa shape index (κ2) is 5.79. The van der Waals surface area contributed by atoms with E-state index in [1.165, 1.54) is 0 Å². The minimum absolute atomic E-state index is 0.136. The molecule has 0 saturated carbocycles. The average molecular weight is 305 g/mol. The third kappa shape index (κ3) is 2.72. The summed E-state index contributed by atoms with van der Waals surface area (Å²) in [4.78, 5) is 11.7. The van der Waals surface area contributed by atoms with E-state index in [0.29, 0.717) is 39.7 Å². The standard InChI is InChI=1S/C10H10Cl2N4OS/c1-13-3-2-7(17)14-8-5(11)4-6(12)9-10(8)16-18-15-9/h4,13H,2-3H2,1H3,(H,14,17). The van der Waals surface area contributed by atoms with Crippen LogP contribution in [0, 0.1) is 0 Å². The molecule has 1 aromatic carbocycles. The number of benzene rings is 1. The first kappa shape index (κ1) is 13.5. The molecule has 0 fully saturated rings. The Morgan fingerprint density at radius 1 is 1.33 bits per heavy atom. The fraction of sp³-hybridized carbons (Fsp3) is 0.300. The summed E-state index contributed by atoms with van der Waals surface area (Å²) >= 11 is 13.1. The van der Waals surface area contributed by atoms with Gasteiger partial charge in [0.2, 0.25) is 5.91 Å². The van der Waals surface area contributed by atoms with Crippen LogP contribution in [0.4, 0.5) is 5.69 Å². The van der Waals surface area contributed by atoms with Gasteiger partial charge in [0.25, 0.3) is 0 Å². The summed E-state index contributed by atoms with van der Waals surface area (Å²) in [5, 5.41) is 6.42. The molecule has 8 heteroatoms. The lowest BCUT2D eigenvalue weighted by Crippen LogP contribution is -2.19. The van der Waals surface area contributed by atoms with Crippen molar-refractivity contribution in [1.82, 2.24) is 14.1 Å². The smallest absolute Gasteiger partial charge is 0.225 e. The van der Waals surface area contributed by atoms with Gasteiger partial charge in [-0.2, -0.15) is 8.75 Å². The molecule has 0 atom stereocenters. The van der Waals surface area contributed by atoms with Gasteiger partial charge in [0, 0.05) is 13.0 Å². The van der Waals surface area contributed by atoms with Gasteiger partial charge in [0.05, 0.1) is 27.5 Å². The van der Waals surface area contributed by atoms with Crippen LogP contribution in [0.2, 0.25) is 10.0 Å². The third-order valence-corrected chi connectivity index (χ3v) is 3.42. The first-order valence-electron chi connectivity index (χ1n) is 5.18. The Morgan fingerprint density at radius 2 is 2.06 bits per heavy atom. The normalized spacial score (nSPS) is 10.8. The van der Waals surface area contributed by atoms with Crippen molar-refractivity contribution in [2.24, 2.45) is 0 Å². The molecule has 0 aliphatic rings. The molecule has 0 spiro atoms. The molecule has 1 heterocycles. The highest BCUT2D eigenvalue weighted by Crippen LogP contribution is 2.35. The van der Waals surface area contributed by atoms with E-state index in [-0.39, 0.29) is 5.91 Å². The Hall–Kier alpha value is -0.950. The van der Waals surface area contributed by atoms with Crippen molar-refractivity contribution in [2.75, 3.05) is 18.9 Å². The first-order chi connectivity index (χ1) is 8.63. The number of nitrogens with one attached hydrogen (secondary N) is 2. The van der Waals surface area contributed by atoms with Crippen molar-refractivity contribution in [3.8, 4) is 0 Å². The minimum Gasteiger partial charge on any atom is -0.323 e. The molecule has 2 N–H and O–H groups in total. The topological polar surface area (TPSA) is 66.9 Å². The van der Waals surface area contributed by atoms with E-state index in [1.807, 2.05) is 0 Å². The molecule has 5 nitrogen and oxygen atoms in total. The predicted molar refractivity (Wildman–Crippen MR) is 74.6 cm³/mol. The lowest BCUT2D eigenvalue weighted by atomic mass is 10.2. The van der Waals surface area contributed by atoms with Gasteiger partial charge in [0.1, 0.15) is 11.0 Å². The summed E-state index contributed by atoms with van der Waals surface area (Å²) in [6, 6.07) is 1.56. The predicted octanol–water partition coefficient (Wildman–Crippen LogP) is 2.55. The Bertz CT molecular complexity index is 587. The molecule has 1 amide bonds. The van der Waals surface area contributed by atoms with Crippen molar-refractivity contribution in [3.05, 3.63) is 16.1 Å². The maximum absolute atomic E-state index is 11.7. The number of amides is 1. The Balaban J connectivity index is 2.32. The maximum Gasteiger partial charge on any atom is 0.225 e. The van der Waals surface area contributed by atoms with Gasteiger partial charge in [-0.15, -0.1) is 0 Å². The molecule has 0 radical (unpaired) electrons. The second-order valence-corrected chi connectivity index (χ2v) is 4.92. The lowest BCUT2D eigenvalue weighted by molar-refractivity contribution is -0.116. The minimum atomic E-state index is -0.136. The van der Waals surface area contributed by atoms with E-state index in [9.17, 15) is 4.79 Å². The number of hydrogen-bond donors (Lipinski definition) is 2. The zero-order valence-electron chi connectivity index (χ0n) is 9.46. The molecule has 0 aliphatic carbocycles. The van der Waals surface area contributed by atoms with Crippen LogP contribution in [-0.4, -0.2) is 28.2 Å². The molecule has 0 aliphatic heterocycles. The number of fused-ring (bicyclic) bond motifs is 1. The number of halogens is 2. The summed E-state index contributed by atoms with van der Waals surface area (Å²) in [5.41, 5.74) is 1.54. The Kier molecular flexibility index (Phi) is 4.34. The summed E-state index contributed by atoms with van der Waals surface area (Å²) < 4.78 is 8.17. The van der Waals surface area contributed by atoms with Gasteiger partial charge in [-0.25, -0.2) is 0 Å². The van der Waals surface area contributed by atoms with E-state index < -0.39 is 0 Å². The van der Waals surface area contributed by atoms with E-state index in [1.54, 1.807) is 13.1 Å². The Morgan fingerprint density at radius 3 is 2.78 bits per heavy atom. The molecule has 18 heavy (non-hydrogen) atoms. The van der Waals surface area contributed by atoms with E-state index in [4.69, 9.17) is 23.2 Å². The number of hydrogen-bond acceptors (Lipinski definition) is 5. The van der Waals surface area contributed by atoms with Gasteiger partial charge >= 0.3 is 0 Å². The lowest BCUT2D eigenvalue weighted by Gasteiger charge is -2.08. The molecule has 1 aromatic heterocycles. The zero-order chi connectivity index (χ0) is 13.1. The first-order valence-corrected chi connectivity index (χ1v) is 6.67. The number of anilines is 1. The van der Waals surface area contributed by atoms with Crippen molar-refractivity contribution < 1.29 is 4.79 Å². The fourth-order valence-electron chi connectivity index (χ4n) is 1.43.